The topological polar surface area (TPSA) is 206 Å². The molecule has 0 bridgehead atoms. The molecule has 0 unspecified atom stereocenters. The molecular formula is C18H17N3O9. The first kappa shape index (κ1) is 23.4. The van der Waals surface area contributed by atoms with Crippen LogP contribution in [0.3, 0.4) is 0 Å². The lowest BCUT2D eigenvalue weighted by Gasteiger charge is -2.10. The molecule has 30 heavy (non-hydrogen) atoms. The fraction of sp³-hybridized carbons (Fsp3) is 0.0556. The van der Waals surface area contributed by atoms with E-state index in [1.165, 1.54) is 6.07 Å². The lowest BCUT2D eigenvalue weighted by atomic mass is 10.1. The number of pyridine rings is 1. The Balaban J connectivity index is 0.000000485. The predicted octanol–water partition coefficient (Wildman–Crippen LogP) is 3.75. The summed E-state index contributed by atoms with van der Waals surface area (Å²) in [5, 5.41) is 40.2. The van der Waals surface area contributed by atoms with Crippen molar-refractivity contribution in [3.63, 3.8) is 0 Å². The summed E-state index contributed by atoms with van der Waals surface area (Å²) in [6.07, 6.45) is -0.463. The van der Waals surface area contributed by atoms with Crippen LogP contribution >= 0.6 is 0 Å². The normalized spacial score (nSPS) is 9.33. The number of anilines is 1. The van der Waals surface area contributed by atoms with Gasteiger partial charge in [0.05, 0.1) is 22.2 Å². The average Bonchev–Trinajstić information content (AvgIpc) is 2.66. The zero-order chi connectivity index (χ0) is 22.7. The number of non-ortho nitro benzene ring substituents is 1. The molecule has 0 saturated carbocycles. The van der Waals surface area contributed by atoms with Crippen LogP contribution in [0.5, 0.6) is 5.75 Å². The first-order valence-corrected chi connectivity index (χ1v) is 7.94. The maximum atomic E-state index is 11.1. The lowest BCUT2D eigenvalue weighted by Crippen LogP contribution is -2.01. The molecule has 0 radical (unpaired) electrons. The fourth-order valence-electron chi connectivity index (χ4n) is 2.26. The van der Waals surface area contributed by atoms with Crippen molar-refractivity contribution in [1.29, 1.82) is 0 Å². The van der Waals surface area contributed by atoms with Crippen molar-refractivity contribution in [3.05, 3.63) is 70.5 Å². The molecule has 3 aromatic rings. The summed E-state index contributed by atoms with van der Waals surface area (Å²) in [6.45, 7) is 0.274. The summed E-state index contributed by atoms with van der Waals surface area (Å²) in [6, 6.07) is 11.9. The fourth-order valence-corrected chi connectivity index (χ4v) is 2.26. The second kappa shape index (κ2) is 11.3. The number of carboxylic acid groups (broad SMARTS) is 4. The van der Waals surface area contributed by atoms with E-state index < -0.39 is 17.2 Å². The Morgan fingerprint density at radius 3 is 2.10 bits per heavy atom. The molecule has 2 aromatic carbocycles. The Bertz CT molecular complexity index is 1020. The number of aromatic nitrogens is 1. The van der Waals surface area contributed by atoms with Gasteiger partial charge in [-0.1, -0.05) is 18.2 Å². The Hall–Kier alpha value is -4.61. The Labute approximate surface area is 168 Å². The second-order valence-electron chi connectivity index (χ2n) is 5.31. The first-order chi connectivity index (χ1) is 14.1. The minimum atomic E-state index is -1.83. The van der Waals surface area contributed by atoms with Crippen LogP contribution in [0.1, 0.15) is 5.56 Å². The quantitative estimate of drug-likeness (QED) is 0.304. The third-order valence-electron chi connectivity index (χ3n) is 3.39. The molecule has 0 aliphatic heterocycles. The van der Waals surface area contributed by atoms with Crippen molar-refractivity contribution in [2.45, 2.75) is 6.61 Å². The van der Waals surface area contributed by atoms with Crippen LogP contribution in [-0.4, -0.2) is 42.6 Å². The number of hydrogen-bond donors (Lipinski definition) is 5. The van der Waals surface area contributed by atoms with E-state index in [2.05, 4.69) is 4.98 Å². The van der Waals surface area contributed by atoms with E-state index >= 15 is 0 Å². The largest absolute Gasteiger partial charge is 0.503 e. The van der Waals surface area contributed by atoms with Crippen LogP contribution < -0.4 is 10.5 Å². The summed E-state index contributed by atoms with van der Waals surface area (Å²) in [7, 11) is 0. The lowest BCUT2D eigenvalue weighted by molar-refractivity contribution is -0.383. The number of nitrogens with two attached hydrogens (primary N) is 1. The van der Waals surface area contributed by atoms with Crippen LogP contribution in [0.15, 0.2) is 54.9 Å². The number of nitro benzene ring substituents is 1. The molecule has 0 fully saturated rings. The third-order valence-corrected chi connectivity index (χ3v) is 3.39. The molecule has 0 aliphatic rings. The van der Waals surface area contributed by atoms with Gasteiger partial charge in [-0.05, 0) is 18.2 Å². The molecule has 12 heteroatoms. The van der Waals surface area contributed by atoms with Crippen LogP contribution in [-0.2, 0) is 6.61 Å². The number of ether oxygens (including phenoxy) is 1. The number of fused-ring (bicyclic) bond motifs is 1. The van der Waals surface area contributed by atoms with Crippen LogP contribution in [0.4, 0.5) is 21.0 Å². The van der Waals surface area contributed by atoms with Gasteiger partial charge in [-0.3, -0.25) is 15.1 Å². The highest BCUT2D eigenvalue weighted by atomic mass is 16.6. The molecule has 1 aromatic heterocycles. The summed E-state index contributed by atoms with van der Waals surface area (Å²) in [5.74, 6) is 0.581. The highest BCUT2D eigenvalue weighted by Gasteiger charge is 2.14. The first-order valence-electron chi connectivity index (χ1n) is 7.94. The molecule has 12 nitrogen and oxygen atoms in total. The van der Waals surface area contributed by atoms with E-state index in [4.69, 9.17) is 40.5 Å². The van der Waals surface area contributed by atoms with E-state index in [1.807, 2.05) is 6.07 Å². The van der Waals surface area contributed by atoms with Gasteiger partial charge >= 0.3 is 12.3 Å². The zero-order valence-electron chi connectivity index (χ0n) is 15.2. The standard InChI is InChI=1S/C16H13N3O3.2CH2O3/c17-14-9-18-8-7-11(14)10-22-16-6-5-15(19(20)21)12-3-1-2-4-13(12)16;2*2-1(3)4/h1-9H,10,17H2;2*(H2,2,3,4). The summed E-state index contributed by atoms with van der Waals surface area (Å²) >= 11 is 0. The Morgan fingerprint density at radius 2 is 1.57 bits per heavy atom. The van der Waals surface area contributed by atoms with Crippen molar-refractivity contribution in [2.75, 3.05) is 5.73 Å². The number of nitro groups is 1. The molecule has 0 spiro atoms. The number of carbonyl (C=O) groups is 2. The van der Waals surface area contributed by atoms with Gasteiger partial charge < -0.3 is 30.9 Å². The van der Waals surface area contributed by atoms with Crippen molar-refractivity contribution >= 4 is 34.5 Å². The molecule has 158 valence electrons. The van der Waals surface area contributed by atoms with E-state index in [-0.39, 0.29) is 12.3 Å². The van der Waals surface area contributed by atoms with E-state index in [0.717, 1.165) is 5.56 Å². The third kappa shape index (κ3) is 7.56. The van der Waals surface area contributed by atoms with E-state index in [0.29, 0.717) is 22.2 Å². The molecule has 0 atom stereocenters. The maximum Gasteiger partial charge on any atom is 0.503 e. The van der Waals surface area contributed by atoms with Crippen LogP contribution in [0, 0.1) is 10.1 Å². The SMILES string of the molecule is Nc1cnccc1COc1ccc([N+](=O)[O-])c2ccccc12.O=C(O)O.O=C(O)O. The number of nitrogens with zero attached hydrogens (tertiary/aromatic N) is 2. The summed E-state index contributed by atoms with van der Waals surface area (Å²) < 4.78 is 5.79. The number of hydrogen-bond acceptors (Lipinski definition) is 7. The monoisotopic (exact) mass is 419 g/mol. The van der Waals surface area contributed by atoms with Gasteiger partial charge in [-0.2, -0.15) is 0 Å². The van der Waals surface area contributed by atoms with Gasteiger partial charge in [0.25, 0.3) is 5.69 Å². The van der Waals surface area contributed by atoms with Crippen molar-refractivity contribution in [2.24, 2.45) is 0 Å². The van der Waals surface area contributed by atoms with Gasteiger partial charge in [0.1, 0.15) is 12.4 Å². The molecule has 0 saturated heterocycles. The summed E-state index contributed by atoms with van der Waals surface area (Å²) in [4.78, 5) is 31.7. The Kier molecular flexibility index (Phi) is 8.81. The van der Waals surface area contributed by atoms with Gasteiger partial charge in [-0.25, -0.2) is 9.59 Å². The average molecular weight is 419 g/mol. The smallest absolute Gasteiger partial charge is 0.488 e. The van der Waals surface area contributed by atoms with Crippen molar-refractivity contribution < 1.29 is 39.7 Å². The number of nitrogen functional groups attached to an aromatic ring is 1. The molecule has 0 aliphatic carbocycles. The van der Waals surface area contributed by atoms with Gasteiger partial charge in [0.15, 0.2) is 0 Å². The minimum Gasteiger partial charge on any atom is -0.488 e. The molecule has 1 heterocycles. The number of rotatable bonds is 4. The zero-order valence-corrected chi connectivity index (χ0v) is 15.2. The summed E-state index contributed by atoms with van der Waals surface area (Å²) in [5.41, 5.74) is 7.26. The molecule has 6 N–H and O–H groups in total. The minimum absolute atomic E-state index is 0.0615. The van der Waals surface area contributed by atoms with Gasteiger partial charge in [-0.15, -0.1) is 0 Å². The Morgan fingerprint density at radius 1 is 1.00 bits per heavy atom. The molecule has 0 amide bonds. The van der Waals surface area contributed by atoms with E-state index in [1.54, 1.807) is 42.7 Å². The highest BCUT2D eigenvalue weighted by molar-refractivity contribution is 5.95. The second-order valence-corrected chi connectivity index (χ2v) is 5.31. The van der Waals surface area contributed by atoms with E-state index in [9.17, 15) is 10.1 Å². The van der Waals surface area contributed by atoms with Crippen LogP contribution in [0.2, 0.25) is 0 Å². The highest BCUT2D eigenvalue weighted by Crippen LogP contribution is 2.33. The molecule has 3 rings (SSSR count). The van der Waals surface area contributed by atoms with Crippen molar-refractivity contribution in [1.82, 2.24) is 4.98 Å². The maximum absolute atomic E-state index is 11.1. The van der Waals surface area contributed by atoms with Gasteiger partial charge in [0, 0.05) is 23.2 Å². The molecular weight excluding hydrogens is 402 g/mol. The van der Waals surface area contributed by atoms with Crippen molar-refractivity contribution in [3.8, 4) is 5.75 Å². The number of benzene rings is 2. The van der Waals surface area contributed by atoms with Crippen LogP contribution in [0.25, 0.3) is 10.8 Å². The predicted molar refractivity (Wildman–Crippen MR) is 105 cm³/mol. The van der Waals surface area contributed by atoms with Gasteiger partial charge in [0.2, 0.25) is 0 Å².